The number of allylic oxidation sites excluding steroid dienone is 3. The fourth-order valence-electron chi connectivity index (χ4n) is 1.39. The Balaban J connectivity index is -0.000000176. The Bertz CT molecular complexity index is 493. The molecule has 1 atom stereocenters. The van der Waals surface area contributed by atoms with Crippen LogP contribution in [-0.2, 0) is 14.3 Å². The van der Waals surface area contributed by atoms with Crippen LogP contribution in [0.15, 0.2) is 28.6 Å². The monoisotopic (exact) mass is 444 g/mol. The number of rotatable bonds is 7. The van der Waals surface area contributed by atoms with E-state index in [1.807, 2.05) is 27.8 Å². The van der Waals surface area contributed by atoms with Crippen LogP contribution in [0.5, 0.6) is 0 Å². The molecule has 4 N–H and O–H groups in total. The van der Waals surface area contributed by atoms with Crippen LogP contribution < -0.4 is 16.4 Å². The van der Waals surface area contributed by atoms with Crippen molar-refractivity contribution < 1.29 is 14.3 Å². The van der Waals surface area contributed by atoms with Gasteiger partial charge in [0.1, 0.15) is 0 Å². The normalized spacial score (nSPS) is 12.4. The van der Waals surface area contributed by atoms with Gasteiger partial charge in [-0.25, -0.2) is 0 Å². The first-order chi connectivity index (χ1) is 14.4. The summed E-state index contributed by atoms with van der Waals surface area (Å²) in [5.74, 6) is 2.03. The predicted octanol–water partition coefficient (Wildman–Crippen LogP) is 4.50. The molecule has 0 aliphatic carbocycles. The van der Waals surface area contributed by atoms with E-state index in [0.29, 0.717) is 5.92 Å². The minimum Gasteiger partial charge on any atom is -0.482 e. The van der Waals surface area contributed by atoms with Crippen molar-refractivity contribution in [3.63, 3.8) is 0 Å². The smallest absolute Gasteiger partial charge is 0.285 e. The average Bonchev–Trinajstić information content (AvgIpc) is 2.73. The molecule has 0 radical (unpaired) electrons. The summed E-state index contributed by atoms with van der Waals surface area (Å²) < 4.78 is 9.36. The first-order valence-corrected chi connectivity index (χ1v) is 11.0. The summed E-state index contributed by atoms with van der Waals surface area (Å²) in [7, 11) is 8.30. The minimum atomic E-state index is -0.315. The molecule has 7 nitrogen and oxygen atoms in total. The first kappa shape index (κ1) is 36.4. The van der Waals surface area contributed by atoms with Gasteiger partial charge in [0.15, 0.2) is 11.7 Å². The maximum atomic E-state index is 10.8. The highest BCUT2D eigenvalue weighted by Gasteiger charge is 2.04. The third-order valence-corrected chi connectivity index (χ3v) is 3.75. The number of nitrogens with two attached hydrogens (primary N) is 1. The lowest BCUT2D eigenvalue weighted by atomic mass is 10.1. The molecule has 186 valence electrons. The molecule has 0 rings (SSSR count). The van der Waals surface area contributed by atoms with E-state index < -0.39 is 0 Å². The van der Waals surface area contributed by atoms with Crippen molar-refractivity contribution >= 4 is 11.7 Å². The molecule has 1 amide bonds. The fraction of sp³-hybridized carbons (Fsp3) is 0.750. The molecular formula is C24H52N4O3. The van der Waals surface area contributed by atoms with E-state index in [0.717, 1.165) is 23.8 Å². The number of ether oxygens (including phenoxy) is 2. The fourth-order valence-corrected chi connectivity index (χ4v) is 1.39. The highest BCUT2D eigenvalue weighted by atomic mass is 16.5. The summed E-state index contributed by atoms with van der Waals surface area (Å²) in [5.41, 5.74) is 6.46. The lowest BCUT2D eigenvalue weighted by Gasteiger charge is -2.06. The topological polar surface area (TPSA) is 98.0 Å². The Hall–Kier alpha value is -2.02. The number of aliphatic imine (C=N–C) groups is 1. The second-order valence-electron chi connectivity index (χ2n) is 7.63. The summed E-state index contributed by atoms with van der Waals surface area (Å²) in [6.45, 7) is 16.9. The van der Waals surface area contributed by atoms with Crippen LogP contribution in [0.1, 0.15) is 68.2 Å². The van der Waals surface area contributed by atoms with Crippen LogP contribution >= 0.6 is 0 Å². The van der Waals surface area contributed by atoms with Crippen molar-refractivity contribution in [1.82, 2.24) is 10.6 Å². The van der Waals surface area contributed by atoms with Gasteiger partial charge in [-0.3, -0.25) is 9.79 Å². The Morgan fingerprint density at radius 1 is 1.00 bits per heavy atom. The highest BCUT2D eigenvalue weighted by molar-refractivity contribution is 6.37. The lowest BCUT2D eigenvalue weighted by molar-refractivity contribution is -0.114. The van der Waals surface area contributed by atoms with Gasteiger partial charge in [-0.15, -0.1) is 0 Å². The van der Waals surface area contributed by atoms with Crippen LogP contribution in [0.2, 0.25) is 0 Å². The number of methoxy groups -OCH3 is 2. The molecule has 0 fully saturated rings. The minimum absolute atomic E-state index is 0.0573. The molecule has 0 aromatic carbocycles. The average molecular weight is 445 g/mol. The summed E-state index contributed by atoms with van der Waals surface area (Å²) >= 11 is 0. The molecule has 0 aromatic heterocycles. The molecule has 0 bridgehead atoms. The molecular weight excluding hydrogens is 392 g/mol. The van der Waals surface area contributed by atoms with Gasteiger partial charge >= 0.3 is 0 Å². The number of nitrogens with one attached hydrogen (secondary N) is 2. The van der Waals surface area contributed by atoms with Crippen LogP contribution in [-0.4, -0.2) is 53.2 Å². The number of nitrogens with zero attached hydrogens (tertiary/aromatic N) is 1. The van der Waals surface area contributed by atoms with E-state index in [-0.39, 0.29) is 17.8 Å². The number of amidine groups is 1. The summed E-state index contributed by atoms with van der Waals surface area (Å²) in [6, 6.07) is 0.118. The maximum Gasteiger partial charge on any atom is 0.285 e. The van der Waals surface area contributed by atoms with Gasteiger partial charge < -0.3 is 25.8 Å². The molecule has 0 spiro atoms. The van der Waals surface area contributed by atoms with Crippen LogP contribution in [0.4, 0.5) is 0 Å². The molecule has 7 heteroatoms. The number of carbonyl (C=O) groups is 1. The van der Waals surface area contributed by atoms with Gasteiger partial charge in [-0.05, 0) is 32.1 Å². The van der Waals surface area contributed by atoms with E-state index in [1.165, 1.54) is 13.5 Å². The molecule has 1 unspecified atom stereocenters. The predicted molar refractivity (Wildman–Crippen MR) is 136 cm³/mol. The quantitative estimate of drug-likeness (QED) is 0.232. The Morgan fingerprint density at radius 2 is 1.45 bits per heavy atom. The Morgan fingerprint density at radius 3 is 1.71 bits per heavy atom. The highest BCUT2D eigenvalue weighted by Crippen LogP contribution is 2.05. The van der Waals surface area contributed by atoms with E-state index >= 15 is 0 Å². The van der Waals surface area contributed by atoms with Gasteiger partial charge in [-0.1, -0.05) is 60.1 Å². The molecule has 0 aliphatic heterocycles. The van der Waals surface area contributed by atoms with E-state index in [9.17, 15) is 4.79 Å². The first-order valence-electron chi connectivity index (χ1n) is 11.0. The second-order valence-corrected chi connectivity index (χ2v) is 7.63. The zero-order valence-electron chi connectivity index (χ0n) is 22.6. The lowest BCUT2D eigenvalue weighted by Crippen LogP contribution is -2.34. The Labute approximate surface area is 192 Å². The number of carbonyl (C=O) groups excluding carboxylic acids is 1. The van der Waals surface area contributed by atoms with Crippen LogP contribution in [0.25, 0.3) is 0 Å². The zero-order chi connectivity index (χ0) is 25.4. The standard InChI is InChI=1S/C10H19NO.C7H15N3O.C5H12.C2H6O/c1-8(2)6-7-9(3)10(11-4)12-5;1-4-5(2)10-6(8)7(11)9-3;1-4-5(2)3;1-3-2/h6-8,11H,1-5H3;5H,4H2,1-3H3,(H2,8,10)(H,9,11);5H,4H2,1-3H3;1-2H3/b7-6-,10-9+;;;. The largest absolute Gasteiger partial charge is 0.482 e. The van der Waals surface area contributed by atoms with Gasteiger partial charge in [-0.2, -0.15) is 0 Å². The Kier molecular flexibility index (Phi) is 30.5. The van der Waals surface area contributed by atoms with Crippen molar-refractivity contribution in [2.24, 2.45) is 22.6 Å². The number of hydrogen-bond acceptors (Lipinski definition) is 5. The van der Waals surface area contributed by atoms with E-state index in [1.54, 1.807) is 21.3 Å². The molecule has 0 saturated heterocycles. The van der Waals surface area contributed by atoms with Crippen molar-refractivity contribution in [2.45, 2.75) is 74.3 Å². The van der Waals surface area contributed by atoms with Gasteiger partial charge in [0, 0.05) is 39.9 Å². The van der Waals surface area contributed by atoms with Crippen molar-refractivity contribution in [1.29, 1.82) is 0 Å². The number of hydrogen-bond donors (Lipinski definition) is 3. The number of likely N-dealkylation sites (N-methyl/N-ethyl adjacent to an activating group) is 1. The molecule has 0 saturated carbocycles. The van der Waals surface area contributed by atoms with Crippen LogP contribution in [0.3, 0.4) is 0 Å². The van der Waals surface area contributed by atoms with Gasteiger partial charge in [0.05, 0.1) is 7.11 Å². The zero-order valence-corrected chi connectivity index (χ0v) is 22.6. The SMILES string of the molecule is CCC(C)C.CCC(C)N=C(N)C(=O)NC.CN/C(OC)=C(C)\C=C/C(C)C.COC. The van der Waals surface area contributed by atoms with E-state index in [4.69, 9.17) is 10.5 Å². The van der Waals surface area contributed by atoms with Gasteiger partial charge in [0.25, 0.3) is 5.91 Å². The van der Waals surface area contributed by atoms with Crippen molar-refractivity contribution in [2.75, 3.05) is 35.4 Å². The molecule has 0 aromatic rings. The summed E-state index contributed by atoms with van der Waals surface area (Å²) in [4.78, 5) is 14.7. The molecule has 0 aliphatic rings. The van der Waals surface area contributed by atoms with E-state index in [2.05, 4.69) is 67.1 Å². The third kappa shape index (κ3) is 30.3. The van der Waals surface area contributed by atoms with Gasteiger partial charge in [0.2, 0.25) is 0 Å². The summed E-state index contributed by atoms with van der Waals surface area (Å²) in [6.07, 6.45) is 6.41. The van der Waals surface area contributed by atoms with Crippen molar-refractivity contribution in [3.05, 3.63) is 23.6 Å². The molecule has 0 heterocycles. The maximum absolute atomic E-state index is 10.8. The number of amides is 1. The third-order valence-electron chi connectivity index (χ3n) is 3.75. The molecule has 31 heavy (non-hydrogen) atoms. The summed E-state index contributed by atoms with van der Waals surface area (Å²) in [5, 5.41) is 5.38. The second kappa shape index (κ2) is 26.0. The van der Waals surface area contributed by atoms with Crippen LogP contribution in [0, 0.1) is 11.8 Å². The van der Waals surface area contributed by atoms with Crippen molar-refractivity contribution in [3.8, 4) is 0 Å².